The van der Waals surface area contributed by atoms with Crippen LogP contribution in [0.15, 0.2) is 71.5 Å². The first-order chi connectivity index (χ1) is 17.1. The van der Waals surface area contributed by atoms with E-state index < -0.39 is 10.3 Å². The van der Waals surface area contributed by atoms with Crippen LogP contribution in [0.4, 0.5) is 4.39 Å². The lowest BCUT2D eigenvalue weighted by Crippen LogP contribution is -2.27. The van der Waals surface area contributed by atoms with Crippen molar-refractivity contribution in [3.05, 3.63) is 94.4 Å². The molecule has 0 aliphatic heterocycles. The molecule has 1 aliphatic carbocycles. The van der Waals surface area contributed by atoms with Crippen LogP contribution < -0.4 is 14.8 Å². The molecule has 1 atom stereocenters. The quantitative estimate of drug-likeness (QED) is 0.324. The third-order valence-electron chi connectivity index (χ3n) is 6.59. The van der Waals surface area contributed by atoms with Crippen molar-refractivity contribution >= 4 is 23.2 Å². The Kier molecular flexibility index (Phi) is 7.39. The predicted molar refractivity (Wildman–Crippen MR) is 143 cm³/mol. The van der Waals surface area contributed by atoms with Crippen LogP contribution in [-0.2, 0) is 12.0 Å². The molecule has 0 saturated heterocycles. The highest BCUT2D eigenvalue weighted by Crippen LogP contribution is 2.39. The topological polar surface area (TPSA) is 48.3 Å². The summed E-state index contributed by atoms with van der Waals surface area (Å²) in [6.45, 7) is 6.59. The minimum Gasteiger partial charge on any atom is -0.493 e. The molecule has 1 N–H and O–H groups in total. The highest BCUT2D eigenvalue weighted by atomic mass is 35.5. The van der Waals surface area contributed by atoms with Crippen LogP contribution in [0.25, 0.3) is 5.69 Å². The summed E-state index contributed by atoms with van der Waals surface area (Å²) < 4.78 is 26.8. The Labute approximate surface area is 221 Å². The van der Waals surface area contributed by atoms with E-state index in [4.69, 9.17) is 37.7 Å². The van der Waals surface area contributed by atoms with Crippen LogP contribution in [0.1, 0.15) is 44.3 Å². The SMILES string of the molecule is COc1ccc(C(C)(C)c2cnc(CNC3=CC=C(Cl)C(C)(Cl)C3)n2-c2ccc(F)cc2)cc1OC. The highest BCUT2D eigenvalue weighted by Gasteiger charge is 2.31. The van der Waals surface area contributed by atoms with Crippen LogP contribution >= 0.6 is 23.2 Å². The molecule has 190 valence electrons. The highest BCUT2D eigenvalue weighted by molar-refractivity contribution is 6.39. The maximum Gasteiger partial charge on any atom is 0.161 e. The van der Waals surface area contributed by atoms with Gasteiger partial charge in [-0.05, 0) is 61.0 Å². The standard InChI is InChI=1S/C28H30Cl2FN3O2/c1-27(2,18-6-12-22(35-4)23(14-18)36-5)25-16-33-26(34(25)21-10-7-19(31)8-11-21)17-32-20-9-13-24(29)28(3,30)15-20/h6-14,16,32H,15,17H2,1-5H3. The molecule has 8 heteroatoms. The Morgan fingerprint density at radius 1 is 1.08 bits per heavy atom. The van der Waals surface area contributed by atoms with Gasteiger partial charge in [0.15, 0.2) is 11.5 Å². The number of hydrogen-bond acceptors (Lipinski definition) is 4. The van der Waals surface area contributed by atoms with Gasteiger partial charge in [0.1, 0.15) is 11.6 Å². The lowest BCUT2D eigenvalue weighted by Gasteiger charge is -2.29. The van der Waals surface area contributed by atoms with E-state index in [1.165, 1.54) is 12.1 Å². The first-order valence-corrected chi connectivity index (χ1v) is 12.4. The van der Waals surface area contributed by atoms with Crippen molar-refractivity contribution in [1.29, 1.82) is 0 Å². The van der Waals surface area contributed by atoms with Gasteiger partial charge in [0.05, 0.1) is 31.3 Å². The Balaban J connectivity index is 1.74. The number of benzene rings is 2. The summed E-state index contributed by atoms with van der Waals surface area (Å²) in [5.74, 6) is 1.80. The van der Waals surface area contributed by atoms with E-state index in [-0.39, 0.29) is 5.82 Å². The van der Waals surface area contributed by atoms with Crippen molar-refractivity contribution in [1.82, 2.24) is 14.9 Å². The number of nitrogens with one attached hydrogen (secondary N) is 1. The summed E-state index contributed by atoms with van der Waals surface area (Å²) in [4.78, 5) is 4.12. The van der Waals surface area contributed by atoms with Gasteiger partial charge in [-0.15, -0.1) is 11.6 Å². The Morgan fingerprint density at radius 3 is 2.42 bits per heavy atom. The molecule has 0 radical (unpaired) electrons. The second-order valence-corrected chi connectivity index (χ2v) is 10.7. The van der Waals surface area contributed by atoms with E-state index in [0.717, 1.165) is 28.5 Å². The molecule has 1 aromatic heterocycles. The number of alkyl halides is 1. The average Bonchev–Trinajstić information content (AvgIpc) is 3.29. The van der Waals surface area contributed by atoms with Gasteiger partial charge < -0.3 is 14.8 Å². The number of allylic oxidation sites excluding steroid dienone is 4. The van der Waals surface area contributed by atoms with E-state index in [1.54, 1.807) is 26.4 Å². The van der Waals surface area contributed by atoms with Crippen LogP contribution in [0.3, 0.4) is 0 Å². The molecule has 1 unspecified atom stereocenters. The second-order valence-electron chi connectivity index (χ2n) is 9.50. The molecule has 0 saturated carbocycles. The lowest BCUT2D eigenvalue weighted by atomic mass is 9.81. The molecule has 0 bridgehead atoms. The van der Waals surface area contributed by atoms with Gasteiger partial charge in [-0.25, -0.2) is 9.37 Å². The number of methoxy groups -OCH3 is 2. The van der Waals surface area contributed by atoms with Gasteiger partial charge in [0.2, 0.25) is 0 Å². The minimum absolute atomic E-state index is 0.295. The van der Waals surface area contributed by atoms with E-state index in [1.807, 2.05) is 43.5 Å². The van der Waals surface area contributed by atoms with E-state index in [2.05, 4.69) is 23.7 Å². The van der Waals surface area contributed by atoms with Crippen LogP contribution in [0, 0.1) is 5.82 Å². The van der Waals surface area contributed by atoms with Crippen LogP contribution in [-0.4, -0.2) is 28.6 Å². The van der Waals surface area contributed by atoms with E-state index in [0.29, 0.717) is 29.5 Å². The molecule has 4 rings (SSSR count). The second kappa shape index (κ2) is 10.2. The fourth-order valence-electron chi connectivity index (χ4n) is 4.37. The molecule has 0 fully saturated rings. The van der Waals surface area contributed by atoms with Crippen molar-refractivity contribution < 1.29 is 13.9 Å². The summed E-state index contributed by atoms with van der Waals surface area (Å²) >= 11 is 12.8. The van der Waals surface area contributed by atoms with Crippen molar-refractivity contribution in [3.63, 3.8) is 0 Å². The normalized spacial score (nSPS) is 17.9. The van der Waals surface area contributed by atoms with Crippen molar-refractivity contribution in [2.75, 3.05) is 14.2 Å². The number of ether oxygens (including phenoxy) is 2. The molecule has 0 spiro atoms. The van der Waals surface area contributed by atoms with E-state index in [9.17, 15) is 4.39 Å². The zero-order chi connectivity index (χ0) is 26.1. The molecule has 3 aromatic rings. The summed E-state index contributed by atoms with van der Waals surface area (Å²) in [6.07, 6.45) is 6.20. The number of halogens is 3. The first kappa shape index (κ1) is 26.1. The zero-order valence-corrected chi connectivity index (χ0v) is 22.5. The number of imidazole rings is 1. The maximum absolute atomic E-state index is 13.8. The van der Waals surface area contributed by atoms with Gasteiger partial charge in [-0.3, -0.25) is 4.57 Å². The number of hydrogen-bond donors (Lipinski definition) is 1. The largest absolute Gasteiger partial charge is 0.493 e. The van der Waals surface area contributed by atoms with Gasteiger partial charge in [-0.2, -0.15) is 0 Å². The smallest absolute Gasteiger partial charge is 0.161 e. The van der Waals surface area contributed by atoms with Crippen molar-refractivity contribution in [2.24, 2.45) is 0 Å². The molecule has 5 nitrogen and oxygen atoms in total. The van der Waals surface area contributed by atoms with Crippen molar-refractivity contribution in [2.45, 2.75) is 44.0 Å². The molecular weight excluding hydrogens is 500 g/mol. The van der Waals surface area contributed by atoms with Gasteiger partial charge in [-0.1, -0.05) is 31.5 Å². The minimum atomic E-state index is -0.647. The summed E-state index contributed by atoms with van der Waals surface area (Å²) in [6, 6.07) is 12.3. The van der Waals surface area contributed by atoms with Crippen LogP contribution in [0.5, 0.6) is 11.5 Å². The molecule has 1 heterocycles. The monoisotopic (exact) mass is 529 g/mol. The number of rotatable bonds is 8. The van der Waals surface area contributed by atoms with Crippen LogP contribution in [0.2, 0.25) is 0 Å². The predicted octanol–water partition coefficient (Wildman–Crippen LogP) is 6.85. The number of nitrogens with zero attached hydrogens (tertiary/aromatic N) is 2. The molecule has 1 aliphatic rings. The Morgan fingerprint density at radius 2 is 1.78 bits per heavy atom. The fourth-order valence-corrected chi connectivity index (χ4v) is 4.71. The zero-order valence-electron chi connectivity index (χ0n) is 21.0. The molecule has 36 heavy (non-hydrogen) atoms. The summed E-state index contributed by atoms with van der Waals surface area (Å²) in [7, 11) is 3.24. The average molecular weight is 530 g/mol. The van der Waals surface area contributed by atoms with Gasteiger partial charge >= 0.3 is 0 Å². The Bertz CT molecular complexity index is 1310. The van der Waals surface area contributed by atoms with Gasteiger partial charge in [0, 0.05) is 34.4 Å². The lowest BCUT2D eigenvalue weighted by molar-refractivity contribution is 0.353. The van der Waals surface area contributed by atoms with E-state index >= 15 is 0 Å². The first-order valence-electron chi connectivity index (χ1n) is 11.6. The summed E-state index contributed by atoms with van der Waals surface area (Å²) in [5.41, 5.74) is 3.29. The Hall–Kier alpha value is -2.96. The third kappa shape index (κ3) is 5.11. The van der Waals surface area contributed by atoms with Crippen molar-refractivity contribution in [3.8, 4) is 17.2 Å². The molecule has 2 aromatic carbocycles. The molecular formula is C28H30Cl2FN3O2. The third-order valence-corrected chi connectivity index (χ3v) is 7.57. The van der Waals surface area contributed by atoms with Gasteiger partial charge in [0.25, 0.3) is 0 Å². The maximum atomic E-state index is 13.8. The summed E-state index contributed by atoms with van der Waals surface area (Å²) in [5, 5.41) is 4.07. The fraction of sp³-hybridized carbons (Fsp3) is 0.321. The molecule has 0 amide bonds. The number of aromatic nitrogens is 2.